The SMILES string of the molecule is CCc1ccc(C2c3c(oc4cc(C)c(C)cc4c3=O)C(=O)N2c2ccccc2)cc1. The summed E-state index contributed by atoms with van der Waals surface area (Å²) in [4.78, 5) is 28.9. The first-order valence-corrected chi connectivity index (χ1v) is 10.5. The summed E-state index contributed by atoms with van der Waals surface area (Å²) in [5, 5.41) is 0.514. The lowest BCUT2D eigenvalue weighted by Gasteiger charge is -2.25. The van der Waals surface area contributed by atoms with E-state index in [-0.39, 0.29) is 17.1 Å². The quantitative estimate of drug-likeness (QED) is 0.435. The van der Waals surface area contributed by atoms with Crippen LogP contribution >= 0.6 is 0 Å². The van der Waals surface area contributed by atoms with Crippen molar-refractivity contribution in [1.29, 1.82) is 0 Å². The fourth-order valence-corrected chi connectivity index (χ4v) is 4.33. The average molecular weight is 409 g/mol. The predicted molar refractivity (Wildman–Crippen MR) is 123 cm³/mol. The van der Waals surface area contributed by atoms with Gasteiger partial charge in [-0.1, -0.05) is 49.4 Å². The summed E-state index contributed by atoms with van der Waals surface area (Å²) in [7, 11) is 0. The Kier molecular flexibility index (Phi) is 4.51. The maximum absolute atomic E-state index is 13.7. The zero-order valence-corrected chi connectivity index (χ0v) is 17.8. The molecule has 0 saturated heterocycles. The van der Waals surface area contributed by atoms with Crippen LogP contribution in [0, 0.1) is 13.8 Å². The summed E-state index contributed by atoms with van der Waals surface area (Å²) >= 11 is 0. The van der Waals surface area contributed by atoms with Gasteiger partial charge in [-0.3, -0.25) is 14.5 Å². The maximum atomic E-state index is 13.7. The molecule has 154 valence electrons. The fraction of sp³-hybridized carbons (Fsp3) is 0.185. The zero-order valence-electron chi connectivity index (χ0n) is 17.8. The molecule has 4 heteroatoms. The van der Waals surface area contributed by atoms with Crippen molar-refractivity contribution >= 4 is 22.6 Å². The standard InChI is InChI=1S/C27H23NO3/c1-4-18-10-12-19(13-11-18)24-23-25(29)21-14-16(2)17(3)15-22(21)31-26(23)27(30)28(24)20-8-6-5-7-9-20/h5-15,24H,4H2,1-3H3. The molecule has 3 aromatic carbocycles. The van der Waals surface area contributed by atoms with E-state index in [1.165, 1.54) is 5.56 Å². The highest BCUT2D eigenvalue weighted by Gasteiger charge is 2.43. The van der Waals surface area contributed by atoms with Gasteiger partial charge in [0.05, 0.1) is 17.0 Å². The van der Waals surface area contributed by atoms with Crippen molar-refractivity contribution in [3.05, 3.63) is 111 Å². The molecule has 0 aliphatic carbocycles. The van der Waals surface area contributed by atoms with E-state index in [0.717, 1.165) is 28.8 Å². The molecule has 0 N–H and O–H groups in total. The Hall–Kier alpha value is -3.66. The van der Waals surface area contributed by atoms with Gasteiger partial charge in [-0.2, -0.15) is 0 Å². The van der Waals surface area contributed by atoms with E-state index >= 15 is 0 Å². The first-order chi connectivity index (χ1) is 15.0. The van der Waals surface area contributed by atoms with Crippen LogP contribution in [0.4, 0.5) is 5.69 Å². The Morgan fingerprint density at radius 2 is 1.58 bits per heavy atom. The summed E-state index contributed by atoms with van der Waals surface area (Å²) in [6.07, 6.45) is 0.925. The van der Waals surface area contributed by atoms with Crippen molar-refractivity contribution < 1.29 is 9.21 Å². The normalized spacial score (nSPS) is 15.5. The van der Waals surface area contributed by atoms with E-state index in [1.807, 2.05) is 68.4 Å². The monoisotopic (exact) mass is 409 g/mol. The van der Waals surface area contributed by atoms with Crippen molar-refractivity contribution in [2.24, 2.45) is 0 Å². The molecule has 0 bridgehead atoms. The highest BCUT2D eigenvalue weighted by atomic mass is 16.3. The molecule has 0 spiro atoms. The predicted octanol–water partition coefficient (Wildman–Crippen LogP) is 5.72. The molecule has 1 unspecified atom stereocenters. The number of rotatable bonds is 3. The van der Waals surface area contributed by atoms with E-state index in [2.05, 4.69) is 19.1 Å². The Bertz CT molecular complexity index is 1370. The van der Waals surface area contributed by atoms with Gasteiger partial charge in [0, 0.05) is 5.69 Å². The van der Waals surface area contributed by atoms with Crippen LogP contribution in [0.5, 0.6) is 0 Å². The molecule has 1 aromatic heterocycles. The molecule has 5 rings (SSSR count). The minimum absolute atomic E-state index is 0.133. The van der Waals surface area contributed by atoms with Crippen LogP contribution in [0.15, 0.2) is 75.9 Å². The molecule has 0 saturated carbocycles. The largest absolute Gasteiger partial charge is 0.450 e. The van der Waals surface area contributed by atoms with Crippen molar-refractivity contribution in [2.45, 2.75) is 33.2 Å². The first kappa shape index (κ1) is 19.3. The lowest BCUT2D eigenvalue weighted by Crippen LogP contribution is -2.29. The number of nitrogens with zero attached hydrogens (tertiary/aromatic N) is 1. The number of hydrogen-bond donors (Lipinski definition) is 0. The number of benzene rings is 3. The summed E-state index contributed by atoms with van der Waals surface area (Å²) < 4.78 is 6.09. The van der Waals surface area contributed by atoms with E-state index in [9.17, 15) is 9.59 Å². The van der Waals surface area contributed by atoms with Crippen LogP contribution in [0.1, 0.15) is 51.3 Å². The topological polar surface area (TPSA) is 50.5 Å². The molecule has 2 heterocycles. The third kappa shape index (κ3) is 2.98. The number of para-hydroxylation sites is 1. The molecule has 0 radical (unpaired) electrons. The van der Waals surface area contributed by atoms with Crippen molar-refractivity contribution in [3.63, 3.8) is 0 Å². The van der Waals surface area contributed by atoms with E-state index in [4.69, 9.17) is 4.42 Å². The Labute approximate surface area is 180 Å². The number of carbonyl (C=O) groups is 1. The lowest BCUT2D eigenvalue weighted by atomic mass is 9.96. The van der Waals surface area contributed by atoms with Crippen LogP contribution in [0.2, 0.25) is 0 Å². The third-order valence-electron chi connectivity index (χ3n) is 6.22. The minimum Gasteiger partial charge on any atom is -0.450 e. The number of aryl methyl sites for hydroxylation is 3. The van der Waals surface area contributed by atoms with Crippen molar-refractivity contribution in [2.75, 3.05) is 4.90 Å². The van der Waals surface area contributed by atoms with Gasteiger partial charge in [0.25, 0.3) is 5.91 Å². The van der Waals surface area contributed by atoms with E-state index in [1.54, 1.807) is 4.90 Å². The molecule has 1 amide bonds. The second kappa shape index (κ2) is 7.24. The van der Waals surface area contributed by atoms with Gasteiger partial charge in [-0.05, 0) is 66.8 Å². The average Bonchev–Trinajstić information content (AvgIpc) is 3.08. The maximum Gasteiger partial charge on any atom is 0.295 e. The first-order valence-electron chi connectivity index (χ1n) is 10.5. The Morgan fingerprint density at radius 1 is 0.903 bits per heavy atom. The van der Waals surface area contributed by atoms with Gasteiger partial charge in [0.1, 0.15) is 5.58 Å². The van der Waals surface area contributed by atoms with Crippen LogP contribution in [0.25, 0.3) is 11.0 Å². The molecule has 1 atom stereocenters. The zero-order chi connectivity index (χ0) is 21.7. The van der Waals surface area contributed by atoms with Gasteiger partial charge in [0.2, 0.25) is 5.76 Å². The van der Waals surface area contributed by atoms with Gasteiger partial charge < -0.3 is 4.42 Å². The van der Waals surface area contributed by atoms with E-state index in [0.29, 0.717) is 16.5 Å². The molecule has 4 aromatic rings. The minimum atomic E-state index is -0.530. The Morgan fingerprint density at radius 3 is 2.26 bits per heavy atom. The van der Waals surface area contributed by atoms with Crippen LogP contribution in [-0.2, 0) is 6.42 Å². The van der Waals surface area contributed by atoms with Crippen LogP contribution in [0.3, 0.4) is 0 Å². The number of anilines is 1. The molecular formula is C27H23NO3. The molecule has 1 aliphatic rings. The summed E-state index contributed by atoms with van der Waals surface area (Å²) in [5.74, 6) is -0.155. The smallest absolute Gasteiger partial charge is 0.295 e. The van der Waals surface area contributed by atoms with Crippen LogP contribution < -0.4 is 10.3 Å². The Balaban J connectivity index is 1.81. The number of carbonyl (C=O) groups excluding carboxylic acids is 1. The summed E-state index contributed by atoms with van der Waals surface area (Å²) in [6.45, 7) is 6.05. The second-order valence-corrected chi connectivity index (χ2v) is 8.11. The summed E-state index contributed by atoms with van der Waals surface area (Å²) in [5.41, 5.74) is 5.60. The van der Waals surface area contributed by atoms with Gasteiger partial charge in [-0.25, -0.2) is 0 Å². The molecule has 31 heavy (non-hydrogen) atoms. The van der Waals surface area contributed by atoms with Crippen molar-refractivity contribution in [3.8, 4) is 0 Å². The number of amides is 1. The second-order valence-electron chi connectivity index (χ2n) is 8.11. The third-order valence-corrected chi connectivity index (χ3v) is 6.22. The molecule has 0 fully saturated rings. The van der Waals surface area contributed by atoms with Gasteiger partial charge in [-0.15, -0.1) is 0 Å². The van der Waals surface area contributed by atoms with Gasteiger partial charge in [0.15, 0.2) is 5.43 Å². The number of fused-ring (bicyclic) bond motifs is 2. The van der Waals surface area contributed by atoms with E-state index < -0.39 is 6.04 Å². The lowest BCUT2D eigenvalue weighted by molar-refractivity contribution is 0.0971. The summed E-state index contributed by atoms with van der Waals surface area (Å²) in [6, 6.07) is 20.8. The molecule has 4 nitrogen and oxygen atoms in total. The number of hydrogen-bond acceptors (Lipinski definition) is 3. The highest BCUT2D eigenvalue weighted by Crippen LogP contribution is 2.41. The van der Waals surface area contributed by atoms with Crippen molar-refractivity contribution in [1.82, 2.24) is 0 Å². The highest BCUT2D eigenvalue weighted by molar-refractivity contribution is 6.10. The fourth-order valence-electron chi connectivity index (χ4n) is 4.33. The molecule has 1 aliphatic heterocycles. The molecular weight excluding hydrogens is 386 g/mol. The van der Waals surface area contributed by atoms with Gasteiger partial charge >= 0.3 is 0 Å². The van der Waals surface area contributed by atoms with Crippen LogP contribution in [-0.4, -0.2) is 5.91 Å².